The normalized spacial score (nSPS) is 36.1. The first-order valence-corrected chi connectivity index (χ1v) is 4.53. The summed E-state index contributed by atoms with van der Waals surface area (Å²) in [5.74, 6) is -3.06. The molecule has 0 aromatic heterocycles. The van der Waals surface area contributed by atoms with Gasteiger partial charge in [-0.05, 0) is 0 Å². The maximum absolute atomic E-state index is 12.7. The van der Waals surface area contributed by atoms with Crippen molar-refractivity contribution < 1.29 is 27.6 Å². The molecule has 3 atom stereocenters. The van der Waals surface area contributed by atoms with Gasteiger partial charge in [-0.1, -0.05) is 0 Å². The number of carbonyl (C=O) groups is 2. The van der Waals surface area contributed by atoms with Gasteiger partial charge in [0.25, 0.3) is 5.91 Å². The lowest BCUT2D eigenvalue weighted by Gasteiger charge is -2.24. The molecule has 90 valence electrons. The zero-order valence-corrected chi connectivity index (χ0v) is 8.49. The molecule has 0 spiro atoms. The third kappa shape index (κ3) is 1.33. The fourth-order valence-corrected chi connectivity index (χ4v) is 2.10. The second kappa shape index (κ2) is 3.17. The molecule has 0 N–H and O–H groups in total. The van der Waals surface area contributed by atoms with Crippen LogP contribution in [0.15, 0.2) is 0 Å². The fraction of sp³-hybridized carbons (Fsp3) is 0.750. The molecule has 8 heteroatoms. The van der Waals surface area contributed by atoms with E-state index in [9.17, 15) is 22.8 Å². The molecule has 2 fully saturated rings. The minimum absolute atomic E-state index is 0.540. The molecule has 0 bridgehead atoms. The molecule has 0 aromatic carbocycles. The number of nitrogens with zero attached hydrogens (tertiary/aromatic N) is 2. The number of rotatable bonds is 0. The molecule has 0 aliphatic carbocycles. The van der Waals surface area contributed by atoms with E-state index in [0.29, 0.717) is 9.96 Å². The molecule has 16 heavy (non-hydrogen) atoms. The first kappa shape index (κ1) is 11.3. The number of carbonyl (C=O) groups excluding carboxylic acids is 2. The van der Waals surface area contributed by atoms with Crippen molar-refractivity contribution in [2.45, 2.75) is 18.3 Å². The summed E-state index contributed by atoms with van der Waals surface area (Å²) < 4.78 is 38.0. The van der Waals surface area contributed by atoms with Gasteiger partial charge in [-0.3, -0.25) is 19.3 Å². The molecular formula is C8H9F3N2O3. The third-order valence-electron chi connectivity index (χ3n) is 2.86. The molecule has 2 rings (SSSR count). The number of hydroxylamine groups is 2. The monoisotopic (exact) mass is 238 g/mol. The Labute approximate surface area is 88.7 Å². The minimum atomic E-state index is -4.60. The number of hydrogen-bond donors (Lipinski definition) is 0. The van der Waals surface area contributed by atoms with E-state index < -0.39 is 36.1 Å². The Kier molecular flexibility index (Phi) is 2.25. The van der Waals surface area contributed by atoms with Crippen LogP contribution in [0.25, 0.3) is 0 Å². The Hall–Kier alpha value is -1.15. The third-order valence-corrected chi connectivity index (χ3v) is 2.86. The summed E-state index contributed by atoms with van der Waals surface area (Å²) in [6.07, 6.45) is -5.94. The Bertz CT molecular complexity index is 357. The van der Waals surface area contributed by atoms with E-state index in [2.05, 4.69) is 0 Å². The number of alkyl halides is 3. The van der Waals surface area contributed by atoms with E-state index in [1.54, 1.807) is 0 Å². The summed E-state index contributed by atoms with van der Waals surface area (Å²) in [6, 6.07) is -2.06. The maximum Gasteiger partial charge on any atom is 0.407 e. The molecule has 2 heterocycles. The van der Waals surface area contributed by atoms with Crippen molar-refractivity contribution in [1.29, 1.82) is 0 Å². The Morgan fingerprint density at radius 1 is 1.19 bits per heavy atom. The quantitative estimate of drug-likeness (QED) is 0.547. The van der Waals surface area contributed by atoms with Gasteiger partial charge in [-0.25, -0.2) is 0 Å². The SMILES string of the molecule is CN1C(=O)[C@H]2[C@H](ON(C)[C@@H]2C(F)(F)F)C1=O. The van der Waals surface area contributed by atoms with E-state index >= 15 is 0 Å². The molecule has 0 unspecified atom stereocenters. The highest BCUT2D eigenvalue weighted by atomic mass is 19.4. The van der Waals surface area contributed by atoms with Gasteiger partial charge in [0, 0.05) is 14.1 Å². The fourth-order valence-electron chi connectivity index (χ4n) is 2.10. The Balaban J connectivity index is 2.37. The summed E-state index contributed by atoms with van der Waals surface area (Å²) >= 11 is 0. The van der Waals surface area contributed by atoms with Crippen LogP contribution in [0.3, 0.4) is 0 Å². The second-order valence-electron chi connectivity index (χ2n) is 3.82. The van der Waals surface area contributed by atoms with Crippen molar-refractivity contribution in [2.24, 2.45) is 5.92 Å². The van der Waals surface area contributed by atoms with Crippen molar-refractivity contribution in [3.8, 4) is 0 Å². The van der Waals surface area contributed by atoms with Crippen LogP contribution in [0.1, 0.15) is 0 Å². The van der Waals surface area contributed by atoms with Crippen molar-refractivity contribution in [2.75, 3.05) is 14.1 Å². The van der Waals surface area contributed by atoms with E-state index in [1.165, 1.54) is 0 Å². The van der Waals surface area contributed by atoms with Crippen LogP contribution in [-0.2, 0) is 14.4 Å². The van der Waals surface area contributed by atoms with Gasteiger partial charge < -0.3 is 0 Å². The number of hydrogen-bond acceptors (Lipinski definition) is 4. The standard InChI is InChI=1S/C8H9F3N2O3/c1-12-6(14)3-4(7(12)15)16-13(2)5(3)8(9,10)11/h3-5H,1-2H3/t3-,4-,5-/m0/s1. The highest BCUT2D eigenvalue weighted by molar-refractivity contribution is 6.07. The number of fused-ring (bicyclic) bond motifs is 1. The summed E-state index contributed by atoms with van der Waals surface area (Å²) in [7, 11) is 2.22. The van der Waals surface area contributed by atoms with Crippen molar-refractivity contribution in [3.05, 3.63) is 0 Å². The van der Waals surface area contributed by atoms with Crippen LogP contribution < -0.4 is 0 Å². The summed E-state index contributed by atoms with van der Waals surface area (Å²) in [4.78, 5) is 28.4. The highest BCUT2D eigenvalue weighted by Gasteiger charge is 2.65. The molecule has 5 nitrogen and oxygen atoms in total. The molecule has 0 radical (unpaired) electrons. The van der Waals surface area contributed by atoms with E-state index in [-0.39, 0.29) is 0 Å². The molecule has 0 saturated carbocycles. The number of imide groups is 1. The average molecular weight is 238 g/mol. The predicted molar refractivity (Wildman–Crippen MR) is 43.7 cm³/mol. The first-order chi connectivity index (χ1) is 7.25. The van der Waals surface area contributed by atoms with Crippen LogP contribution in [0.2, 0.25) is 0 Å². The topological polar surface area (TPSA) is 49.9 Å². The molecule has 0 aromatic rings. The lowest BCUT2D eigenvalue weighted by atomic mass is 9.96. The highest BCUT2D eigenvalue weighted by Crippen LogP contribution is 2.41. The van der Waals surface area contributed by atoms with Gasteiger partial charge in [-0.2, -0.15) is 18.2 Å². The van der Waals surface area contributed by atoms with Gasteiger partial charge in [0.05, 0.1) is 0 Å². The largest absolute Gasteiger partial charge is 0.407 e. The number of likely N-dealkylation sites (N-methyl/N-ethyl adjacent to an activating group) is 1. The van der Waals surface area contributed by atoms with Crippen LogP contribution >= 0.6 is 0 Å². The Morgan fingerprint density at radius 3 is 2.25 bits per heavy atom. The van der Waals surface area contributed by atoms with E-state index in [4.69, 9.17) is 4.84 Å². The van der Waals surface area contributed by atoms with Gasteiger partial charge in [0.15, 0.2) is 6.10 Å². The molecular weight excluding hydrogens is 229 g/mol. The summed E-state index contributed by atoms with van der Waals surface area (Å²) in [5, 5.41) is 0.540. The van der Waals surface area contributed by atoms with E-state index in [1.807, 2.05) is 0 Å². The van der Waals surface area contributed by atoms with Crippen LogP contribution in [0.5, 0.6) is 0 Å². The lowest BCUT2D eigenvalue weighted by molar-refractivity contribution is -0.236. The Morgan fingerprint density at radius 2 is 1.75 bits per heavy atom. The maximum atomic E-state index is 12.7. The predicted octanol–water partition coefficient (Wildman–Crippen LogP) is -0.222. The minimum Gasteiger partial charge on any atom is -0.284 e. The smallest absolute Gasteiger partial charge is 0.284 e. The molecule has 2 aliphatic heterocycles. The molecule has 2 aliphatic rings. The number of amides is 2. The summed E-state index contributed by atoms with van der Waals surface area (Å²) in [5.41, 5.74) is 0. The van der Waals surface area contributed by atoms with Crippen LogP contribution in [0, 0.1) is 5.92 Å². The lowest BCUT2D eigenvalue weighted by Crippen LogP contribution is -2.46. The molecule has 2 amide bonds. The first-order valence-electron chi connectivity index (χ1n) is 4.53. The van der Waals surface area contributed by atoms with Gasteiger partial charge in [0.1, 0.15) is 12.0 Å². The molecule has 2 saturated heterocycles. The average Bonchev–Trinajstić information content (AvgIpc) is 2.58. The van der Waals surface area contributed by atoms with Crippen LogP contribution in [0.4, 0.5) is 13.2 Å². The van der Waals surface area contributed by atoms with Gasteiger partial charge >= 0.3 is 6.18 Å². The van der Waals surface area contributed by atoms with Gasteiger partial charge in [0.2, 0.25) is 5.91 Å². The zero-order chi connectivity index (χ0) is 12.2. The van der Waals surface area contributed by atoms with Crippen molar-refractivity contribution in [1.82, 2.24) is 9.96 Å². The number of halogens is 3. The van der Waals surface area contributed by atoms with Crippen molar-refractivity contribution in [3.63, 3.8) is 0 Å². The number of likely N-dealkylation sites (tertiary alicyclic amines) is 1. The zero-order valence-electron chi connectivity index (χ0n) is 8.49. The van der Waals surface area contributed by atoms with E-state index in [0.717, 1.165) is 14.1 Å². The summed E-state index contributed by atoms with van der Waals surface area (Å²) in [6.45, 7) is 0. The van der Waals surface area contributed by atoms with Gasteiger partial charge in [-0.15, -0.1) is 0 Å². The second-order valence-corrected chi connectivity index (χ2v) is 3.82. The van der Waals surface area contributed by atoms with Crippen LogP contribution in [-0.4, -0.2) is 54.2 Å². The van der Waals surface area contributed by atoms with Crippen molar-refractivity contribution >= 4 is 11.8 Å².